The number of hydrogen-bond acceptors (Lipinski definition) is 3. The van der Waals surface area contributed by atoms with Crippen LogP contribution in [0.4, 0.5) is 5.69 Å². The average Bonchev–Trinajstić information content (AvgIpc) is 2.69. The van der Waals surface area contributed by atoms with Gasteiger partial charge in [-0.3, -0.25) is 9.59 Å². The van der Waals surface area contributed by atoms with E-state index in [4.69, 9.17) is 0 Å². The van der Waals surface area contributed by atoms with E-state index in [2.05, 4.69) is 5.32 Å². The molecule has 6 heteroatoms. The summed E-state index contributed by atoms with van der Waals surface area (Å²) in [4.78, 5) is 38.1. The van der Waals surface area contributed by atoms with Crippen molar-refractivity contribution in [3.8, 4) is 0 Å². The van der Waals surface area contributed by atoms with Crippen LogP contribution >= 0.6 is 0 Å². The molecule has 146 valence electrons. The zero-order chi connectivity index (χ0) is 20.1. The lowest BCUT2D eigenvalue weighted by Crippen LogP contribution is -2.48. The maximum Gasteiger partial charge on any atom is 0.326 e. The number of carbonyl (C=O) groups excluding carboxylic acids is 2. The second kappa shape index (κ2) is 8.69. The number of piperidine rings is 1. The fourth-order valence-electron chi connectivity index (χ4n) is 3.51. The highest BCUT2D eigenvalue weighted by Gasteiger charge is 2.32. The molecule has 6 nitrogen and oxygen atoms in total. The number of nitrogens with one attached hydrogen (secondary N) is 1. The van der Waals surface area contributed by atoms with Crippen LogP contribution in [0.5, 0.6) is 0 Å². The maximum atomic E-state index is 12.8. The number of amides is 2. The Morgan fingerprint density at radius 1 is 1.11 bits per heavy atom. The second-order valence-corrected chi connectivity index (χ2v) is 7.08. The number of carboxylic acid groups (broad SMARTS) is 1. The van der Waals surface area contributed by atoms with Crippen molar-refractivity contribution in [1.29, 1.82) is 0 Å². The first-order valence-corrected chi connectivity index (χ1v) is 9.44. The molecule has 1 aliphatic rings. The molecule has 1 aliphatic heterocycles. The molecule has 28 heavy (non-hydrogen) atoms. The number of aryl methyl sites for hydroxylation is 1. The molecule has 1 heterocycles. The Bertz CT molecular complexity index is 894. The molecule has 0 spiro atoms. The van der Waals surface area contributed by atoms with E-state index < -0.39 is 12.0 Å². The van der Waals surface area contributed by atoms with E-state index in [1.165, 1.54) is 4.90 Å². The first-order chi connectivity index (χ1) is 13.5. The lowest BCUT2D eigenvalue weighted by molar-refractivity contribution is -0.143. The number of hydrogen-bond donors (Lipinski definition) is 2. The van der Waals surface area contributed by atoms with Crippen LogP contribution < -0.4 is 5.32 Å². The number of carbonyl (C=O) groups is 3. The van der Waals surface area contributed by atoms with Gasteiger partial charge in [0.05, 0.1) is 6.42 Å². The highest BCUT2D eigenvalue weighted by atomic mass is 16.4. The number of aliphatic carboxylic acids is 1. The summed E-state index contributed by atoms with van der Waals surface area (Å²) >= 11 is 0. The van der Waals surface area contributed by atoms with Crippen LogP contribution in [0.25, 0.3) is 0 Å². The van der Waals surface area contributed by atoms with E-state index in [1.54, 1.807) is 24.3 Å². The molecule has 2 amide bonds. The summed E-state index contributed by atoms with van der Waals surface area (Å²) in [6.45, 7) is 2.39. The zero-order valence-corrected chi connectivity index (χ0v) is 15.9. The number of rotatable bonds is 5. The van der Waals surface area contributed by atoms with Gasteiger partial charge in [-0.2, -0.15) is 0 Å². The molecule has 1 saturated heterocycles. The third kappa shape index (κ3) is 4.57. The molecule has 1 fully saturated rings. The Labute approximate surface area is 164 Å². The minimum Gasteiger partial charge on any atom is -0.480 e. The van der Waals surface area contributed by atoms with Crippen molar-refractivity contribution in [1.82, 2.24) is 4.90 Å². The van der Waals surface area contributed by atoms with Crippen LogP contribution in [-0.4, -0.2) is 40.4 Å². The monoisotopic (exact) mass is 380 g/mol. The number of benzene rings is 2. The third-order valence-corrected chi connectivity index (χ3v) is 5.05. The van der Waals surface area contributed by atoms with E-state index in [-0.39, 0.29) is 18.2 Å². The molecule has 1 unspecified atom stereocenters. The highest BCUT2D eigenvalue weighted by molar-refractivity contribution is 5.99. The molecule has 1 atom stereocenters. The zero-order valence-electron chi connectivity index (χ0n) is 15.9. The Hall–Kier alpha value is -3.15. The van der Waals surface area contributed by atoms with Gasteiger partial charge in [-0.25, -0.2) is 4.79 Å². The molecule has 0 radical (unpaired) electrons. The SMILES string of the molecule is Cc1ccccc1CC(=O)Nc1cccc(C(=O)N2CCCCC2C(=O)O)c1. The van der Waals surface area contributed by atoms with Gasteiger partial charge in [-0.15, -0.1) is 0 Å². The molecule has 2 N–H and O–H groups in total. The highest BCUT2D eigenvalue weighted by Crippen LogP contribution is 2.21. The van der Waals surface area contributed by atoms with Crippen molar-refractivity contribution in [2.75, 3.05) is 11.9 Å². The summed E-state index contributed by atoms with van der Waals surface area (Å²) in [5, 5.41) is 12.2. The first-order valence-electron chi connectivity index (χ1n) is 9.44. The number of anilines is 1. The molecule has 2 aromatic carbocycles. The molecule has 0 aromatic heterocycles. The Morgan fingerprint density at radius 2 is 1.89 bits per heavy atom. The van der Waals surface area contributed by atoms with Gasteiger partial charge >= 0.3 is 5.97 Å². The molecule has 2 aromatic rings. The number of carboxylic acids is 1. The van der Waals surface area contributed by atoms with Gasteiger partial charge in [-0.1, -0.05) is 30.3 Å². The van der Waals surface area contributed by atoms with E-state index in [9.17, 15) is 19.5 Å². The summed E-state index contributed by atoms with van der Waals surface area (Å²) in [6.07, 6.45) is 2.31. The summed E-state index contributed by atoms with van der Waals surface area (Å²) in [5.74, 6) is -1.46. The van der Waals surface area contributed by atoms with Crippen LogP contribution in [0.3, 0.4) is 0 Å². The van der Waals surface area contributed by atoms with Crippen molar-refractivity contribution in [2.45, 2.75) is 38.6 Å². The Balaban J connectivity index is 1.71. The smallest absolute Gasteiger partial charge is 0.326 e. The summed E-state index contributed by atoms with van der Waals surface area (Å²) < 4.78 is 0. The minimum atomic E-state index is -0.976. The van der Waals surface area contributed by atoms with Crippen molar-refractivity contribution in [3.63, 3.8) is 0 Å². The average molecular weight is 380 g/mol. The quantitative estimate of drug-likeness (QED) is 0.834. The molecular formula is C22H24N2O4. The van der Waals surface area contributed by atoms with Crippen LogP contribution in [0.15, 0.2) is 48.5 Å². The van der Waals surface area contributed by atoms with Gasteiger partial charge in [-0.05, 0) is 55.5 Å². The molecule has 3 rings (SSSR count). The predicted molar refractivity (Wildman–Crippen MR) is 106 cm³/mol. The standard InChI is InChI=1S/C22H24N2O4/c1-15-7-2-3-8-16(15)14-20(25)23-18-10-6-9-17(13-18)21(26)24-12-5-4-11-19(24)22(27)28/h2-3,6-10,13,19H,4-5,11-12,14H2,1H3,(H,23,25)(H,27,28). The third-order valence-electron chi connectivity index (χ3n) is 5.05. The fourth-order valence-corrected chi connectivity index (χ4v) is 3.51. The van der Waals surface area contributed by atoms with Gasteiger partial charge in [0, 0.05) is 17.8 Å². The van der Waals surface area contributed by atoms with Crippen molar-refractivity contribution >= 4 is 23.5 Å². The van der Waals surface area contributed by atoms with Crippen molar-refractivity contribution in [2.24, 2.45) is 0 Å². The second-order valence-electron chi connectivity index (χ2n) is 7.08. The predicted octanol–water partition coefficient (Wildman–Crippen LogP) is 3.26. The summed E-state index contributed by atoms with van der Waals surface area (Å²) in [6, 6.07) is 13.6. The van der Waals surface area contributed by atoms with Gasteiger partial charge in [0.1, 0.15) is 6.04 Å². The van der Waals surface area contributed by atoms with Crippen LogP contribution in [-0.2, 0) is 16.0 Å². The van der Waals surface area contributed by atoms with Crippen molar-refractivity contribution < 1.29 is 19.5 Å². The van der Waals surface area contributed by atoms with Crippen LogP contribution in [0.2, 0.25) is 0 Å². The van der Waals surface area contributed by atoms with Crippen molar-refractivity contribution in [3.05, 3.63) is 65.2 Å². The van der Waals surface area contributed by atoms with Crippen LogP contribution in [0.1, 0.15) is 40.7 Å². The molecule has 0 saturated carbocycles. The number of likely N-dealkylation sites (tertiary alicyclic amines) is 1. The normalized spacial score (nSPS) is 16.5. The van der Waals surface area contributed by atoms with Gasteiger partial charge < -0.3 is 15.3 Å². The van der Waals surface area contributed by atoms with Gasteiger partial charge in [0.2, 0.25) is 5.91 Å². The van der Waals surface area contributed by atoms with Gasteiger partial charge in [0.15, 0.2) is 0 Å². The molecule has 0 bridgehead atoms. The fraction of sp³-hybridized carbons (Fsp3) is 0.318. The molecule has 0 aliphatic carbocycles. The van der Waals surface area contributed by atoms with Crippen LogP contribution in [0, 0.1) is 6.92 Å². The summed E-state index contributed by atoms with van der Waals surface area (Å²) in [7, 11) is 0. The minimum absolute atomic E-state index is 0.166. The van der Waals surface area contributed by atoms with E-state index in [1.807, 2.05) is 31.2 Å². The van der Waals surface area contributed by atoms with E-state index in [0.29, 0.717) is 24.2 Å². The Kier molecular flexibility index (Phi) is 6.09. The lowest BCUT2D eigenvalue weighted by atomic mass is 10.0. The largest absolute Gasteiger partial charge is 0.480 e. The van der Waals surface area contributed by atoms with E-state index in [0.717, 1.165) is 24.0 Å². The maximum absolute atomic E-state index is 12.8. The lowest BCUT2D eigenvalue weighted by Gasteiger charge is -2.33. The number of nitrogens with zero attached hydrogens (tertiary/aromatic N) is 1. The van der Waals surface area contributed by atoms with Gasteiger partial charge in [0.25, 0.3) is 5.91 Å². The topological polar surface area (TPSA) is 86.7 Å². The molecular weight excluding hydrogens is 356 g/mol. The van der Waals surface area contributed by atoms with E-state index >= 15 is 0 Å². The first kappa shape index (κ1) is 19.6. The summed E-state index contributed by atoms with van der Waals surface area (Å²) in [5.41, 5.74) is 2.89. The Morgan fingerprint density at radius 3 is 2.64 bits per heavy atom.